The molecule has 0 radical (unpaired) electrons. The first kappa shape index (κ1) is 25.1. The first-order chi connectivity index (χ1) is 21.1. The minimum absolute atomic E-state index is 0.521. The van der Waals surface area contributed by atoms with Gasteiger partial charge in [0.05, 0.1) is 0 Å². The van der Waals surface area contributed by atoms with E-state index in [4.69, 9.17) is 4.42 Å². The molecule has 0 aliphatic carbocycles. The minimum Gasteiger partial charge on any atom is -0.436 e. The molecule has 2 nitrogen and oxygen atoms in total. The van der Waals surface area contributed by atoms with E-state index in [1.54, 1.807) is 0 Å². The Balaban J connectivity index is 1.13. The van der Waals surface area contributed by atoms with Crippen molar-refractivity contribution >= 4 is 32.6 Å². The summed E-state index contributed by atoms with van der Waals surface area (Å²) in [7, 11) is 0. The highest BCUT2D eigenvalue weighted by atomic mass is 19.1. The van der Waals surface area contributed by atoms with Gasteiger partial charge in [-0.2, -0.15) is 0 Å². The first-order valence-electron chi connectivity index (χ1n) is 14.1. The highest BCUT2D eigenvalue weighted by molar-refractivity contribution is 6.06. The van der Waals surface area contributed by atoms with Crippen LogP contribution in [0, 0.1) is 11.6 Å². The molecule has 4 heteroatoms. The second-order valence-electron chi connectivity index (χ2n) is 10.7. The van der Waals surface area contributed by atoms with Crippen molar-refractivity contribution in [2.45, 2.75) is 0 Å². The van der Waals surface area contributed by atoms with Crippen LogP contribution in [0.1, 0.15) is 0 Å². The number of para-hydroxylation sites is 2. The summed E-state index contributed by atoms with van der Waals surface area (Å²) in [5.74, 6) is -0.560. The molecule has 1 heterocycles. The zero-order valence-corrected chi connectivity index (χ0v) is 22.9. The molecule has 1 aromatic heterocycles. The number of hydrogen-bond acceptors (Lipinski definition) is 2. The van der Waals surface area contributed by atoms with Crippen LogP contribution < -0.4 is 0 Å². The van der Waals surface area contributed by atoms with Gasteiger partial charge >= 0.3 is 0 Å². The Morgan fingerprint density at radius 3 is 1.70 bits per heavy atom. The van der Waals surface area contributed by atoms with Crippen molar-refractivity contribution in [3.63, 3.8) is 0 Å². The van der Waals surface area contributed by atoms with E-state index >= 15 is 0 Å². The van der Waals surface area contributed by atoms with Crippen molar-refractivity contribution < 1.29 is 13.2 Å². The highest BCUT2D eigenvalue weighted by Gasteiger charge is 2.13. The molecule has 0 aliphatic heterocycles. The molecule has 7 aromatic carbocycles. The monoisotopic (exact) mass is 559 g/mol. The molecule has 0 bridgehead atoms. The number of nitrogens with zero attached hydrogens (tertiary/aromatic N) is 1. The third kappa shape index (κ3) is 4.54. The minimum atomic E-state index is -0.587. The average molecular weight is 560 g/mol. The van der Waals surface area contributed by atoms with Gasteiger partial charge in [-0.1, -0.05) is 84.9 Å². The van der Waals surface area contributed by atoms with E-state index in [1.807, 2.05) is 66.7 Å². The maximum absolute atomic E-state index is 14.0. The van der Waals surface area contributed by atoms with Crippen LogP contribution in [0.3, 0.4) is 0 Å². The molecule has 0 saturated carbocycles. The number of benzene rings is 7. The number of rotatable bonds is 4. The lowest BCUT2D eigenvalue weighted by Gasteiger charge is -2.13. The van der Waals surface area contributed by atoms with Gasteiger partial charge in [-0.05, 0) is 103 Å². The topological polar surface area (TPSA) is 26.0 Å². The number of oxazole rings is 1. The normalized spacial score (nSPS) is 11.5. The summed E-state index contributed by atoms with van der Waals surface area (Å²) >= 11 is 0. The molecule has 0 fully saturated rings. The van der Waals surface area contributed by atoms with Crippen molar-refractivity contribution in [3.05, 3.63) is 151 Å². The fourth-order valence-corrected chi connectivity index (χ4v) is 5.91. The van der Waals surface area contributed by atoms with E-state index in [1.165, 1.54) is 12.1 Å². The quantitative estimate of drug-likeness (QED) is 0.214. The maximum Gasteiger partial charge on any atom is 0.227 e. The van der Waals surface area contributed by atoms with Gasteiger partial charge in [0.25, 0.3) is 0 Å². The number of fused-ring (bicyclic) bond motifs is 3. The third-order valence-corrected chi connectivity index (χ3v) is 8.01. The van der Waals surface area contributed by atoms with Gasteiger partial charge in [0, 0.05) is 11.6 Å². The second kappa shape index (κ2) is 10.0. The van der Waals surface area contributed by atoms with Crippen LogP contribution in [-0.2, 0) is 0 Å². The molecule has 204 valence electrons. The number of halogens is 2. The summed E-state index contributed by atoms with van der Waals surface area (Å²) in [6.45, 7) is 0. The van der Waals surface area contributed by atoms with Crippen LogP contribution in [0.15, 0.2) is 144 Å². The molecule has 0 atom stereocenters. The van der Waals surface area contributed by atoms with Crippen LogP contribution in [0.5, 0.6) is 0 Å². The van der Waals surface area contributed by atoms with Gasteiger partial charge < -0.3 is 4.42 Å². The fraction of sp³-hybridized carbons (Fsp3) is 0. The lowest BCUT2D eigenvalue weighted by Crippen LogP contribution is -1.89. The van der Waals surface area contributed by atoms with Gasteiger partial charge in [0.1, 0.15) is 17.2 Å². The Morgan fingerprint density at radius 1 is 0.442 bits per heavy atom. The molecule has 0 amide bonds. The van der Waals surface area contributed by atoms with Crippen LogP contribution >= 0.6 is 0 Å². The summed E-state index contributed by atoms with van der Waals surface area (Å²) in [4.78, 5) is 4.61. The van der Waals surface area contributed by atoms with Crippen LogP contribution in [0.25, 0.3) is 77.5 Å². The fourth-order valence-electron chi connectivity index (χ4n) is 5.91. The molecular formula is C39H23F2NO. The summed E-state index contributed by atoms with van der Waals surface area (Å²) < 4.78 is 34.0. The lowest BCUT2D eigenvalue weighted by molar-refractivity contribution is 0.584. The Kier molecular flexibility index (Phi) is 5.86. The molecule has 0 N–H and O–H groups in total. The van der Waals surface area contributed by atoms with Gasteiger partial charge in [-0.25, -0.2) is 13.8 Å². The summed E-state index contributed by atoms with van der Waals surface area (Å²) in [5, 5.41) is 4.24. The lowest BCUT2D eigenvalue weighted by atomic mass is 9.91. The average Bonchev–Trinajstić information content (AvgIpc) is 3.48. The molecule has 0 spiro atoms. The molecule has 8 rings (SSSR count). The largest absolute Gasteiger partial charge is 0.436 e. The Labute approximate surface area is 246 Å². The highest BCUT2D eigenvalue weighted by Crippen LogP contribution is 2.37. The van der Waals surface area contributed by atoms with Crippen molar-refractivity contribution in [3.8, 4) is 44.8 Å². The molecule has 0 aliphatic rings. The predicted molar refractivity (Wildman–Crippen MR) is 171 cm³/mol. The van der Waals surface area contributed by atoms with Crippen molar-refractivity contribution in [2.24, 2.45) is 0 Å². The van der Waals surface area contributed by atoms with E-state index in [2.05, 4.69) is 59.6 Å². The zero-order valence-electron chi connectivity index (χ0n) is 22.9. The second-order valence-corrected chi connectivity index (χ2v) is 10.7. The molecule has 0 unspecified atom stereocenters. The number of aromatic nitrogens is 1. The van der Waals surface area contributed by atoms with E-state index in [0.29, 0.717) is 11.5 Å². The van der Waals surface area contributed by atoms with Crippen molar-refractivity contribution in [1.82, 2.24) is 4.98 Å². The number of hydrogen-bond donors (Lipinski definition) is 0. The Morgan fingerprint density at radius 2 is 1.00 bits per heavy atom. The maximum atomic E-state index is 14.0. The van der Waals surface area contributed by atoms with E-state index in [0.717, 1.165) is 72.1 Å². The van der Waals surface area contributed by atoms with E-state index in [9.17, 15) is 8.78 Å². The first-order valence-corrected chi connectivity index (χ1v) is 14.1. The molecule has 8 aromatic rings. The van der Waals surface area contributed by atoms with Crippen molar-refractivity contribution in [1.29, 1.82) is 0 Å². The van der Waals surface area contributed by atoms with Gasteiger partial charge in [-0.3, -0.25) is 0 Å². The molecule has 43 heavy (non-hydrogen) atoms. The standard InChI is InChI=1S/C39H23F2NO/c40-31-21-30(22-32(41)23-31)34-18-17-33(35-5-1-2-6-36(34)35)29-16-15-27-19-26(13-14-28(27)20-29)24-9-11-25(12-10-24)39-42-37-7-3-4-8-38(37)43-39/h1-23H. The van der Waals surface area contributed by atoms with E-state index in [-0.39, 0.29) is 0 Å². The van der Waals surface area contributed by atoms with Crippen molar-refractivity contribution in [2.75, 3.05) is 0 Å². The zero-order chi connectivity index (χ0) is 28.9. The summed E-state index contributed by atoms with van der Waals surface area (Å²) in [6.07, 6.45) is 0. The predicted octanol–water partition coefficient (Wildman–Crippen LogP) is 11.1. The Bertz CT molecular complexity index is 2270. The SMILES string of the molecule is Fc1cc(F)cc(-c2ccc(-c3ccc4cc(-c5ccc(-c6nc7ccccc7o6)cc5)ccc4c3)c3ccccc23)c1. The van der Waals surface area contributed by atoms with Gasteiger partial charge in [-0.15, -0.1) is 0 Å². The van der Waals surface area contributed by atoms with Gasteiger partial charge in [0.15, 0.2) is 5.58 Å². The summed E-state index contributed by atoms with van der Waals surface area (Å²) in [6, 6.07) is 44.6. The smallest absolute Gasteiger partial charge is 0.227 e. The van der Waals surface area contributed by atoms with Crippen LogP contribution in [-0.4, -0.2) is 4.98 Å². The van der Waals surface area contributed by atoms with Gasteiger partial charge in [0.2, 0.25) is 5.89 Å². The molecular weight excluding hydrogens is 536 g/mol. The van der Waals surface area contributed by atoms with E-state index < -0.39 is 11.6 Å². The third-order valence-electron chi connectivity index (χ3n) is 8.01. The Hall–Kier alpha value is -5.61. The van der Waals surface area contributed by atoms with Crippen LogP contribution in [0.2, 0.25) is 0 Å². The summed E-state index contributed by atoms with van der Waals surface area (Å²) in [5.41, 5.74) is 8.27. The van der Waals surface area contributed by atoms with Crippen LogP contribution in [0.4, 0.5) is 8.78 Å². The molecule has 0 saturated heterocycles.